The van der Waals surface area contributed by atoms with E-state index in [1.807, 2.05) is 19.1 Å². The second-order valence-corrected chi connectivity index (χ2v) is 6.35. The Morgan fingerprint density at radius 2 is 2.17 bits per heavy atom. The number of aryl methyl sites for hydroxylation is 1. The first kappa shape index (κ1) is 16.0. The first-order chi connectivity index (χ1) is 11.2. The maximum absolute atomic E-state index is 5.60. The maximum atomic E-state index is 5.60. The van der Waals surface area contributed by atoms with Gasteiger partial charge in [0.1, 0.15) is 5.75 Å². The van der Waals surface area contributed by atoms with Gasteiger partial charge in [0.15, 0.2) is 0 Å². The Bertz CT molecular complexity index is 641. The molecule has 0 aliphatic carbocycles. The van der Waals surface area contributed by atoms with E-state index in [1.54, 1.807) is 7.11 Å². The molecule has 0 radical (unpaired) electrons. The van der Waals surface area contributed by atoms with Gasteiger partial charge in [-0.2, -0.15) is 0 Å². The maximum Gasteiger partial charge on any atom is 0.233 e. The van der Waals surface area contributed by atoms with Crippen LogP contribution in [-0.2, 0) is 6.42 Å². The van der Waals surface area contributed by atoms with Crippen molar-refractivity contribution in [3.05, 3.63) is 41.6 Å². The Balaban J connectivity index is 1.66. The van der Waals surface area contributed by atoms with E-state index in [0.29, 0.717) is 11.8 Å². The molecule has 1 aromatic heterocycles. The Hall–Kier alpha value is -1.88. The number of methoxy groups -OCH3 is 1. The van der Waals surface area contributed by atoms with Crippen LogP contribution < -0.4 is 4.74 Å². The van der Waals surface area contributed by atoms with Gasteiger partial charge < -0.3 is 9.15 Å². The number of likely N-dealkylation sites (tertiary alicyclic amines) is 1. The van der Waals surface area contributed by atoms with Crippen LogP contribution >= 0.6 is 0 Å². The van der Waals surface area contributed by atoms with E-state index in [1.165, 1.54) is 18.4 Å². The lowest BCUT2D eigenvalue weighted by molar-refractivity contribution is 0.115. The minimum absolute atomic E-state index is 0.177. The van der Waals surface area contributed by atoms with Crippen LogP contribution in [0.5, 0.6) is 5.75 Å². The molecule has 3 rings (SSSR count). The highest BCUT2D eigenvalue weighted by Gasteiger charge is 2.27. The quantitative estimate of drug-likeness (QED) is 0.846. The summed E-state index contributed by atoms with van der Waals surface area (Å²) in [7, 11) is 1.74. The molecule has 1 aliphatic rings. The molecule has 5 nitrogen and oxygen atoms in total. The van der Waals surface area contributed by atoms with E-state index in [2.05, 4.69) is 34.2 Å². The van der Waals surface area contributed by atoms with Crippen molar-refractivity contribution in [2.75, 3.05) is 20.2 Å². The van der Waals surface area contributed by atoms with Crippen molar-refractivity contribution in [1.82, 2.24) is 15.1 Å². The summed E-state index contributed by atoms with van der Waals surface area (Å²) in [5, 5.41) is 8.13. The summed E-state index contributed by atoms with van der Waals surface area (Å²) in [6, 6.07) is 8.50. The number of hydrogen-bond donors (Lipinski definition) is 0. The van der Waals surface area contributed by atoms with Gasteiger partial charge in [-0.05, 0) is 50.3 Å². The largest absolute Gasteiger partial charge is 0.496 e. The van der Waals surface area contributed by atoms with E-state index in [-0.39, 0.29) is 6.04 Å². The van der Waals surface area contributed by atoms with Crippen molar-refractivity contribution in [1.29, 1.82) is 0 Å². The highest BCUT2D eigenvalue weighted by molar-refractivity contribution is 5.33. The number of piperidine rings is 1. The molecule has 0 saturated carbocycles. The van der Waals surface area contributed by atoms with Crippen molar-refractivity contribution in [2.24, 2.45) is 5.92 Å². The van der Waals surface area contributed by atoms with Crippen molar-refractivity contribution in [2.45, 2.75) is 39.2 Å². The van der Waals surface area contributed by atoms with E-state index in [9.17, 15) is 0 Å². The summed E-state index contributed by atoms with van der Waals surface area (Å²) in [6.07, 6.45) is 3.51. The number of aromatic nitrogens is 2. The molecule has 23 heavy (non-hydrogen) atoms. The molecule has 0 unspecified atom stereocenters. The zero-order valence-corrected chi connectivity index (χ0v) is 14.2. The standard InChI is InChI=1S/C18H25N3O2/c1-13(18-20-19-14(2)23-18)21-10-6-7-15(12-21)11-16-8-4-5-9-17(16)22-3/h4-5,8-9,13,15H,6-7,10-12H2,1-3H3/t13-,15-/m1/s1. The minimum atomic E-state index is 0.177. The summed E-state index contributed by atoms with van der Waals surface area (Å²) < 4.78 is 11.1. The van der Waals surface area contributed by atoms with E-state index in [0.717, 1.165) is 31.2 Å². The predicted octanol–water partition coefficient (Wildman–Crippen LogP) is 3.40. The molecule has 124 valence electrons. The SMILES string of the molecule is COc1ccccc1C[C@H]1CCCN([C@H](C)c2nnc(C)o2)C1. The molecule has 2 aromatic rings. The zero-order chi connectivity index (χ0) is 16.2. The average Bonchev–Trinajstić information content (AvgIpc) is 3.01. The van der Waals surface area contributed by atoms with Crippen LogP contribution in [0.2, 0.25) is 0 Å². The smallest absolute Gasteiger partial charge is 0.233 e. The van der Waals surface area contributed by atoms with Gasteiger partial charge in [0, 0.05) is 13.5 Å². The molecular formula is C18H25N3O2. The predicted molar refractivity (Wildman–Crippen MR) is 88.4 cm³/mol. The van der Waals surface area contributed by atoms with Gasteiger partial charge in [-0.25, -0.2) is 0 Å². The van der Waals surface area contributed by atoms with Crippen molar-refractivity contribution >= 4 is 0 Å². The first-order valence-electron chi connectivity index (χ1n) is 8.33. The van der Waals surface area contributed by atoms with Crippen LogP contribution in [0, 0.1) is 12.8 Å². The Kier molecular flexibility index (Phi) is 4.96. The van der Waals surface area contributed by atoms with Gasteiger partial charge in [0.05, 0.1) is 13.2 Å². The van der Waals surface area contributed by atoms with Crippen LogP contribution in [0.15, 0.2) is 28.7 Å². The fourth-order valence-corrected chi connectivity index (χ4v) is 3.44. The van der Waals surface area contributed by atoms with E-state index < -0.39 is 0 Å². The second kappa shape index (κ2) is 7.13. The fourth-order valence-electron chi connectivity index (χ4n) is 3.44. The van der Waals surface area contributed by atoms with Gasteiger partial charge in [-0.15, -0.1) is 10.2 Å². The van der Waals surface area contributed by atoms with Gasteiger partial charge >= 0.3 is 0 Å². The molecule has 0 spiro atoms. The fraction of sp³-hybridized carbons (Fsp3) is 0.556. The van der Waals surface area contributed by atoms with Crippen LogP contribution in [-0.4, -0.2) is 35.3 Å². The van der Waals surface area contributed by atoms with Crippen LogP contribution in [0.4, 0.5) is 0 Å². The van der Waals surface area contributed by atoms with Crippen LogP contribution in [0.1, 0.15) is 43.2 Å². The van der Waals surface area contributed by atoms with Crippen LogP contribution in [0.3, 0.4) is 0 Å². The lowest BCUT2D eigenvalue weighted by atomic mass is 9.90. The molecule has 2 heterocycles. The number of benzene rings is 1. The number of para-hydroxylation sites is 1. The molecule has 0 amide bonds. The Morgan fingerprint density at radius 3 is 2.91 bits per heavy atom. The molecule has 0 N–H and O–H groups in total. The molecule has 2 atom stereocenters. The number of nitrogens with zero attached hydrogens (tertiary/aromatic N) is 3. The second-order valence-electron chi connectivity index (χ2n) is 6.35. The number of hydrogen-bond acceptors (Lipinski definition) is 5. The zero-order valence-electron chi connectivity index (χ0n) is 14.2. The summed E-state index contributed by atoms with van der Waals surface area (Å²) >= 11 is 0. The first-order valence-corrected chi connectivity index (χ1v) is 8.33. The Labute approximate surface area is 137 Å². The molecule has 1 saturated heterocycles. The van der Waals surface area contributed by atoms with Gasteiger partial charge in [-0.3, -0.25) is 4.90 Å². The minimum Gasteiger partial charge on any atom is -0.496 e. The lowest BCUT2D eigenvalue weighted by Gasteiger charge is -2.35. The third kappa shape index (κ3) is 3.72. The van der Waals surface area contributed by atoms with Gasteiger partial charge in [0.2, 0.25) is 11.8 Å². The highest BCUT2D eigenvalue weighted by atomic mass is 16.5. The molecule has 1 fully saturated rings. The summed E-state index contributed by atoms with van der Waals surface area (Å²) in [5.41, 5.74) is 1.29. The third-order valence-corrected chi connectivity index (χ3v) is 4.70. The lowest BCUT2D eigenvalue weighted by Crippen LogP contribution is -2.38. The van der Waals surface area contributed by atoms with Crippen LogP contribution in [0.25, 0.3) is 0 Å². The molecule has 0 bridgehead atoms. The van der Waals surface area contributed by atoms with Gasteiger partial charge in [0.25, 0.3) is 0 Å². The molecule has 1 aliphatic heterocycles. The highest BCUT2D eigenvalue weighted by Crippen LogP contribution is 2.29. The Morgan fingerprint density at radius 1 is 1.35 bits per heavy atom. The summed E-state index contributed by atoms with van der Waals surface area (Å²) in [6.45, 7) is 6.13. The summed E-state index contributed by atoms with van der Waals surface area (Å²) in [4.78, 5) is 2.45. The third-order valence-electron chi connectivity index (χ3n) is 4.70. The molecular weight excluding hydrogens is 290 g/mol. The normalized spacial score (nSPS) is 20.4. The molecule has 5 heteroatoms. The average molecular weight is 315 g/mol. The van der Waals surface area contributed by atoms with E-state index >= 15 is 0 Å². The van der Waals surface area contributed by atoms with Crippen molar-refractivity contribution in [3.63, 3.8) is 0 Å². The van der Waals surface area contributed by atoms with Crippen molar-refractivity contribution < 1.29 is 9.15 Å². The monoisotopic (exact) mass is 315 g/mol. The van der Waals surface area contributed by atoms with Crippen molar-refractivity contribution in [3.8, 4) is 5.75 Å². The van der Waals surface area contributed by atoms with Gasteiger partial charge in [-0.1, -0.05) is 18.2 Å². The summed E-state index contributed by atoms with van der Waals surface area (Å²) in [5.74, 6) is 2.98. The number of ether oxygens (including phenoxy) is 1. The van der Waals surface area contributed by atoms with E-state index in [4.69, 9.17) is 9.15 Å². The number of rotatable bonds is 5. The molecule has 1 aromatic carbocycles. The topological polar surface area (TPSA) is 51.4 Å².